The molecule has 0 spiro atoms. The second-order valence-corrected chi connectivity index (χ2v) is 25.5. The van der Waals surface area contributed by atoms with Crippen molar-refractivity contribution in [3.63, 3.8) is 0 Å². The quantitative estimate of drug-likeness (QED) is 0.123. The fourth-order valence-corrected chi connectivity index (χ4v) is 13.6. The summed E-state index contributed by atoms with van der Waals surface area (Å²) in [6.45, 7) is 3.89. The van der Waals surface area contributed by atoms with E-state index in [9.17, 15) is 34.4 Å². The van der Waals surface area contributed by atoms with Crippen LogP contribution >= 0.6 is 0 Å². The molecule has 0 N–H and O–H groups in total. The van der Waals surface area contributed by atoms with Gasteiger partial charge in [0.2, 0.25) is 11.8 Å². The molecule has 2 aliphatic rings. The SMILES string of the molecule is Cc1ncn(C)c1-c1cnc2c3ccc(S(C)(=O)=O)cc3n(C(c3ccccc3)C3CCC(F)(F)CC3)c2c1.Cc1ncn(C)c1-c1cnc2c3ccc(S(C)(=O)=O)cc3n(C(c3ccccc3)C3CCC(F)(F)CC3)c2c1. The molecular weight excluding hydrogens is 1040 g/mol. The van der Waals surface area contributed by atoms with Crippen molar-refractivity contribution in [1.29, 1.82) is 0 Å². The number of aryl methyl sites for hydroxylation is 4. The molecule has 2 atom stereocenters. The number of hydrogen-bond donors (Lipinski definition) is 0. The lowest BCUT2D eigenvalue weighted by Crippen LogP contribution is -2.30. The largest absolute Gasteiger partial charge is 0.333 e. The molecule has 2 saturated carbocycles. The van der Waals surface area contributed by atoms with Gasteiger partial charge < -0.3 is 18.3 Å². The van der Waals surface area contributed by atoms with E-state index in [1.165, 1.54) is 12.5 Å². The number of sulfone groups is 2. The van der Waals surface area contributed by atoms with Crippen molar-refractivity contribution in [2.24, 2.45) is 25.9 Å². The van der Waals surface area contributed by atoms with Crippen molar-refractivity contribution in [3.05, 3.63) is 157 Å². The van der Waals surface area contributed by atoms with Gasteiger partial charge in [0, 0.05) is 86.6 Å². The van der Waals surface area contributed by atoms with Gasteiger partial charge in [-0.1, -0.05) is 60.7 Å². The van der Waals surface area contributed by atoms with Crippen molar-refractivity contribution >= 4 is 63.5 Å². The molecule has 2 fully saturated rings. The second-order valence-electron chi connectivity index (χ2n) is 21.5. The maximum absolute atomic E-state index is 14.3. The molecule has 0 bridgehead atoms. The van der Waals surface area contributed by atoms with Gasteiger partial charge >= 0.3 is 0 Å². The smallest absolute Gasteiger partial charge is 0.248 e. The first-order valence-electron chi connectivity index (χ1n) is 26.2. The average Bonchev–Trinajstić information content (AvgIpc) is 4.24. The maximum Gasteiger partial charge on any atom is 0.248 e. The van der Waals surface area contributed by atoms with E-state index in [4.69, 9.17) is 9.97 Å². The van der Waals surface area contributed by atoms with E-state index in [1.54, 1.807) is 36.9 Å². The van der Waals surface area contributed by atoms with Gasteiger partial charge in [-0.05, 0) is 111 Å². The first-order valence-corrected chi connectivity index (χ1v) is 29.9. The Bertz CT molecular complexity index is 3830. The van der Waals surface area contributed by atoms with Gasteiger partial charge in [0.1, 0.15) is 0 Å². The Labute approximate surface area is 450 Å². The minimum Gasteiger partial charge on any atom is -0.333 e. The number of nitrogens with zero attached hydrogens (tertiary/aromatic N) is 8. The summed E-state index contributed by atoms with van der Waals surface area (Å²) in [7, 11) is -3.09. The maximum atomic E-state index is 14.3. The summed E-state index contributed by atoms with van der Waals surface area (Å²) in [4.78, 5) is 19.0. The highest BCUT2D eigenvalue weighted by Gasteiger charge is 2.41. The Hall–Kier alpha value is -7.18. The molecule has 78 heavy (non-hydrogen) atoms. The second kappa shape index (κ2) is 19.9. The van der Waals surface area contributed by atoms with E-state index >= 15 is 0 Å². The normalized spacial score (nSPS) is 17.2. The highest BCUT2D eigenvalue weighted by molar-refractivity contribution is 7.91. The first-order chi connectivity index (χ1) is 37.1. The number of pyridine rings is 2. The molecule has 2 unspecified atom stereocenters. The van der Waals surface area contributed by atoms with Gasteiger partial charge in [-0.2, -0.15) is 0 Å². The Morgan fingerprint density at radius 2 is 0.859 bits per heavy atom. The van der Waals surface area contributed by atoms with Crippen molar-refractivity contribution in [2.45, 2.75) is 98.9 Å². The standard InChI is InChI=1S/2C30H30F2N4O2S/c2*1-19-28(35(2)18-34-19)22-15-26-27(33-17-22)24-10-9-23(39(3,37)38)16-25(24)36(26)29(20-7-5-4-6-8-20)21-11-13-30(31,32)14-12-21/h2*4-10,15-18,21,29H,11-14H2,1-3H3. The number of rotatable bonds is 10. The predicted molar refractivity (Wildman–Crippen MR) is 298 cm³/mol. The third-order valence-corrected chi connectivity index (χ3v) is 18.3. The van der Waals surface area contributed by atoms with Gasteiger partial charge in [-0.25, -0.2) is 44.4 Å². The lowest BCUT2D eigenvalue weighted by Gasteiger charge is -2.35. The van der Waals surface area contributed by atoms with Gasteiger partial charge in [-0.3, -0.25) is 9.97 Å². The zero-order valence-electron chi connectivity index (χ0n) is 44.2. The van der Waals surface area contributed by atoms with Crippen molar-refractivity contribution in [1.82, 2.24) is 38.2 Å². The molecule has 0 saturated heterocycles. The number of hydrogen-bond acceptors (Lipinski definition) is 8. The number of alkyl halides is 4. The van der Waals surface area contributed by atoms with Crippen molar-refractivity contribution in [3.8, 4) is 22.5 Å². The molecule has 404 valence electrons. The average molecular weight is 1100 g/mol. The summed E-state index contributed by atoms with van der Waals surface area (Å²) in [5.74, 6) is -5.44. The number of benzene rings is 4. The lowest BCUT2D eigenvalue weighted by atomic mass is 9.79. The fraction of sp³-hybridized carbons (Fsp3) is 0.333. The summed E-state index contributed by atoms with van der Waals surface area (Å²) in [6, 6.07) is 33.6. The van der Waals surface area contributed by atoms with Crippen LogP contribution in [0.5, 0.6) is 0 Å². The van der Waals surface area contributed by atoms with Crippen LogP contribution in [0, 0.1) is 25.7 Å². The van der Waals surface area contributed by atoms with Crippen LogP contribution in [0.4, 0.5) is 17.6 Å². The molecule has 6 heterocycles. The highest BCUT2D eigenvalue weighted by atomic mass is 32.2. The topological polar surface area (TPSA) is 140 Å². The number of halogens is 4. The molecule has 12 nitrogen and oxygen atoms in total. The molecule has 18 heteroatoms. The van der Waals surface area contributed by atoms with E-state index in [1.807, 2.05) is 122 Å². The summed E-state index contributed by atoms with van der Waals surface area (Å²) in [5.41, 5.74) is 12.0. The Kier molecular flexibility index (Phi) is 13.5. The molecule has 10 aromatic rings. The Morgan fingerprint density at radius 1 is 0.500 bits per heavy atom. The van der Waals surface area contributed by atoms with Crippen LogP contribution in [0.25, 0.3) is 66.4 Å². The molecule has 0 aliphatic heterocycles. The Morgan fingerprint density at radius 3 is 1.18 bits per heavy atom. The van der Waals surface area contributed by atoms with E-state index in [0.717, 1.165) is 88.9 Å². The first kappa shape index (κ1) is 52.9. The van der Waals surface area contributed by atoms with Crippen molar-refractivity contribution < 1.29 is 34.4 Å². The summed E-state index contributed by atoms with van der Waals surface area (Å²) in [5, 5.41) is 1.65. The number of aromatic nitrogens is 8. The molecule has 12 rings (SSSR count). The minimum atomic E-state index is -3.48. The van der Waals surface area contributed by atoms with Gasteiger partial charge in [-0.15, -0.1) is 0 Å². The zero-order valence-corrected chi connectivity index (χ0v) is 45.8. The molecule has 6 aromatic heterocycles. The predicted octanol–water partition coefficient (Wildman–Crippen LogP) is 13.4. The summed E-state index contributed by atoms with van der Waals surface area (Å²) >= 11 is 0. The molecule has 2 aliphatic carbocycles. The van der Waals surface area contributed by atoms with E-state index in [-0.39, 0.29) is 59.4 Å². The third kappa shape index (κ3) is 9.90. The lowest BCUT2D eigenvalue weighted by molar-refractivity contribution is -0.0498. The van der Waals surface area contributed by atoms with Gasteiger partial charge in [0.15, 0.2) is 19.7 Å². The van der Waals surface area contributed by atoms with Crippen LogP contribution < -0.4 is 0 Å². The highest BCUT2D eigenvalue weighted by Crippen LogP contribution is 2.48. The van der Waals surface area contributed by atoms with E-state index < -0.39 is 31.5 Å². The minimum absolute atomic E-state index is 0.0604. The number of fused-ring (bicyclic) bond motifs is 6. The fourth-order valence-electron chi connectivity index (χ4n) is 12.3. The van der Waals surface area contributed by atoms with Crippen LogP contribution in [-0.4, -0.2) is 79.4 Å². The van der Waals surface area contributed by atoms with E-state index in [0.29, 0.717) is 25.7 Å². The molecule has 0 radical (unpaired) electrons. The monoisotopic (exact) mass is 1100 g/mol. The zero-order chi connectivity index (χ0) is 55.1. The van der Waals surface area contributed by atoms with Crippen LogP contribution in [0.1, 0.15) is 86.0 Å². The molecule has 0 amide bonds. The van der Waals surface area contributed by atoms with Crippen LogP contribution in [0.2, 0.25) is 0 Å². The van der Waals surface area contributed by atoms with Crippen LogP contribution in [-0.2, 0) is 33.8 Å². The summed E-state index contributed by atoms with van der Waals surface area (Å²) < 4.78 is 116. The van der Waals surface area contributed by atoms with Crippen molar-refractivity contribution in [2.75, 3.05) is 12.5 Å². The third-order valence-electron chi connectivity index (χ3n) is 16.1. The van der Waals surface area contributed by atoms with Crippen LogP contribution in [0.15, 0.2) is 144 Å². The van der Waals surface area contributed by atoms with Gasteiger partial charge in [0.05, 0.1) is 90.4 Å². The van der Waals surface area contributed by atoms with Gasteiger partial charge in [0.25, 0.3) is 0 Å². The Balaban J connectivity index is 0.000000165. The summed E-state index contributed by atoms with van der Waals surface area (Å²) in [6.07, 6.45) is 10.4. The van der Waals surface area contributed by atoms with Crippen LogP contribution in [0.3, 0.4) is 0 Å². The molecular formula is C60H60F4N8O4S2. The number of imidazole rings is 2. The van der Waals surface area contributed by atoms with E-state index in [2.05, 4.69) is 31.2 Å². The molecule has 4 aromatic carbocycles.